The highest BCUT2D eigenvalue weighted by atomic mass is 35.5. The van der Waals surface area contributed by atoms with Crippen LogP contribution in [0.25, 0.3) is 5.69 Å². The van der Waals surface area contributed by atoms with E-state index in [1.807, 2.05) is 28.8 Å². The van der Waals surface area contributed by atoms with E-state index in [1.165, 1.54) is 0 Å². The van der Waals surface area contributed by atoms with Gasteiger partial charge in [0.1, 0.15) is 5.82 Å². The predicted octanol–water partition coefficient (Wildman–Crippen LogP) is 3.87. The summed E-state index contributed by atoms with van der Waals surface area (Å²) in [7, 11) is 0. The summed E-state index contributed by atoms with van der Waals surface area (Å²) in [4.78, 5) is 0. The molecule has 0 atom stereocenters. The van der Waals surface area contributed by atoms with Crippen molar-refractivity contribution in [2.45, 2.75) is 26.2 Å². The Kier molecular flexibility index (Phi) is 3.15. The Bertz CT molecular complexity index is 541. The Balaban J connectivity index is 2.63. The summed E-state index contributed by atoms with van der Waals surface area (Å²) in [5.41, 5.74) is 0.736. The van der Waals surface area contributed by atoms with Crippen molar-refractivity contribution in [1.82, 2.24) is 14.8 Å². The van der Waals surface area contributed by atoms with Gasteiger partial charge in [-0.25, -0.2) is 0 Å². The number of halogens is 2. The van der Waals surface area contributed by atoms with Crippen LogP contribution < -0.4 is 0 Å². The molecule has 0 N–H and O–H groups in total. The largest absolute Gasteiger partial charge is 0.269 e. The van der Waals surface area contributed by atoms with E-state index in [9.17, 15) is 0 Å². The lowest BCUT2D eigenvalue weighted by Gasteiger charge is -2.19. The normalized spacial score (nSPS) is 11.8. The highest BCUT2D eigenvalue weighted by Crippen LogP contribution is 2.27. The third-order valence-corrected chi connectivity index (χ3v) is 2.84. The van der Waals surface area contributed by atoms with Crippen LogP contribution in [0.1, 0.15) is 26.6 Å². The van der Waals surface area contributed by atoms with Gasteiger partial charge in [-0.3, -0.25) is 4.57 Å². The van der Waals surface area contributed by atoms with E-state index in [0.717, 1.165) is 11.5 Å². The van der Waals surface area contributed by atoms with Crippen molar-refractivity contribution in [2.75, 3.05) is 0 Å². The third kappa shape index (κ3) is 2.45. The van der Waals surface area contributed by atoms with Crippen LogP contribution in [0.4, 0.5) is 0 Å². The number of benzene rings is 1. The SMILES string of the molecule is CC(C)(C)c1nnc(Cl)n1-c1cccc(Cl)c1. The van der Waals surface area contributed by atoms with Crippen molar-refractivity contribution in [2.24, 2.45) is 0 Å². The van der Waals surface area contributed by atoms with Gasteiger partial charge in [0.05, 0.1) is 5.69 Å². The summed E-state index contributed by atoms with van der Waals surface area (Å²) >= 11 is 12.1. The summed E-state index contributed by atoms with van der Waals surface area (Å²) in [6.45, 7) is 6.19. The molecule has 0 aliphatic heterocycles. The molecule has 0 spiro atoms. The van der Waals surface area contributed by atoms with Crippen LogP contribution in [0.2, 0.25) is 10.3 Å². The Morgan fingerprint density at radius 3 is 2.41 bits per heavy atom. The number of aromatic nitrogens is 3. The standard InChI is InChI=1S/C12H13Cl2N3/c1-12(2,3)10-15-16-11(14)17(10)9-6-4-5-8(13)7-9/h4-7H,1-3H3. The first-order valence-electron chi connectivity index (χ1n) is 5.27. The molecule has 0 bridgehead atoms. The molecule has 0 radical (unpaired) electrons. The molecule has 1 aromatic carbocycles. The summed E-state index contributed by atoms with van der Waals surface area (Å²) < 4.78 is 1.81. The monoisotopic (exact) mass is 269 g/mol. The number of hydrogen-bond donors (Lipinski definition) is 0. The summed E-state index contributed by atoms with van der Waals surface area (Å²) in [5, 5.41) is 9.06. The van der Waals surface area contributed by atoms with Crippen LogP contribution in [0, 0.1) is 0 Å². The van der Waals surface area contributed by atoms with Gasteiger partial charge in [0, 0.05) is 10.4 Å². The molecule has 0 aliphatic carbocycles. The molecule has 90 valence electrons. The van der Waals surface area contributed by atoms with Crippen molar-refractivity contribution in [3.05, 3.63) is 40.4 Å². The number of rotatable bonds is 1. The van der Waals surface area contributed by atoms with Crippen molar-refractivity contribution < 1.29 is 0 Å². The molecule has 17 heavy (non-hydrogen) atoms. The molecule has 0 fully saturated rings. The van der Waals surface area contributed by atoms with Crippen molar-refractivity contribution >= 4 is 23.2 Å². The molecule has 0 unspecified atom stereocenters. The zero-order valence-corrected chi connectivity index (χ0v) is 11.4. The molecule has 5 heteroatoms. The van der Waals surface area contributed by atoms with E-state index in [4.69, 9.17) is 23.2 Å². The van der Waals surface area contributed by atoms with E-state index < -0.39 is 0 Å². The number of hydrogen-bond acceptors (Lipinski definition) is 2. The lowest BCUT2D eigenvalue weighted by atomic mass is 9.95. The average Bonchev–Trinajstić information content (AvgIpc) is 2.59. The van der Waals surface area contributed by atoms with Gasteiger partial charge in [-0.2, -0.15) is 0 Å². The van der Waals surface area contributed by atoms with E-state index >= 15 is 0 Å². The van der Waals surface area contributed by atoms with Gasteiger partial charge >= 0.3 is 0 Å². The van der Waals surface area contributed by atoms with E-state index in [0.29, 0.717) is 10.3 Å². The molecular weight excluding hydrogens is 257 g/mol. The minimum Gasteiger partial charge on any atom is -0.269 e. The second kappa shape index (κ2) is 4.31. The Labute approximate surface area is 110 Å². The van der Waals surface area contributed by atoms with Gasteiger partial charge < -0.3 is 0 Å². The lowest BCUT2D eigenvalue weighted by molar-refractivity contribution is 0.533. The van der Waals surface area contributed by atoms with Crippen LogP contribution >= 0.6 is 23.2 Å². The maximum atomic E-state index is 6.08. The topological polar surface area (TPSA) is 30.7 Å². The molecule has 0 amide bonds. The first-order valence-corrected chi connectivity index (χ1v) is 6.02. The highest BCUT2D eigenvalue weighted by molar-refractivity contribution is 6.31. The van der Waals surface area contributed by atoms with Crippen LogP contribution in [-0.2, 0) is 5.41 Å². The second-order valence-electron chi connectivity index (χ2n) is 4.86. The van der Waals surface area contributed by atoms with Crippen LogP contribution in [0.15, 0.2) is 24.3 Å². The predicted molar refractivity (Wildman–Crippen MR) is 70.1 cm³/mol. The second-order valence-corrected chi connectivity index (χ2v) is 5.63. The summed E-state index contributed by atoms with van der Waals surface area (Å²) in [5.74, 6) is 0.810. The van der Waals surface area contributed by atoms with Gasteiger partial charge in [0.15, 0.2) is 0 Å². The van der Waals surface area contributed by atoms with E-state index in [2.05, 4.69) is 31.0 Å². The van der Waals surface area contributed by atoms with Crippen LogP contribution in [0.5, 0.6) is 0 Å². The van der Waals surface area contributed by atoms with Gasteiger partial charge in [0.25, 0.3) is 0 Å². The van der Waals surface area contributed by atoms with Crippen LogP contribution in [-0.4, -0.2) is 14.8 Å². The quantitative estimate of drug-likeness (QED) is 0.787. The van der Waals surface area contributed by atoms with Gasteiger partial charge in [-0.15, -0.1) is 10.2 Å². The first kappa shape index (κ1) is 12.4. The van der Waals surface area contributed by atoms with Crippen molar-refractivity contribution in [1.29, 1.82) is 0 Å². The molecule has 2 aromatic rings. The van der Waals surface area contributed by atoms with Crippen molar-refractivity contribution in [3.8, 4) is 5.69 Å². The molecular formula is C12H13Cl2N3. The fourth-order valence-electron chi connectivity index (χ4n) is 1.59. The molecule has 0 saturated heterocycles. The van der Waals surface area contributed by atoms with E-state index in [-0.39, 0.29) is 5.41 Å². The average molecular weight is 270 g/mol. The maximum absolute atomic E-state index is 6.08. The molecule has 0 aliphatic rings. The molecule has 1 aromatic heterocycles. The third-order valence-electron chi connectivity index (χ3n) is 2.36. The maximum Gasteiger partial charge on any atom is 0.229 e. The van der Waals surface area contributed by atoms with Crippen LogP contribution in [0.3, 0.4) is 0 Å². The first-order chi connectivity index (χ1) is 7.89. The van der Waals surface area contributed by atoms with E-state index in [1.54, 1.807) is 0 Å². The minimum absolute atomic E-state index is 0.136. The zero-order chi connectivity index (χ0) is 12.6. The lowest BCUT2D eigenvalue weighted by Crippen LogP contribution is -2.18. The minimum atomic E-state index is -0.136. The summed E-state index contributed by atoms with van der Waals surface area (Å²) in [6, 6.07) is 7.46. The fourth-order valence-corrected chi connectivity index (χ4v) is 1.99. The molecule has 3 nitrogen and oxygen atoms in total. The van der Waals surface area contributed by atoms with Gasteiger partial charge in [0.2, 0.25) is 5.28 Å². The zero-order valence-electron chi connectivity index (χ0n) is 9.91. The smallest absolute Gasteiger partial charge is 0.229 e. The fraction of sp³-hybridized carbons (Fsp3) is 0.333. The van der Waals surface area contributed by atoms with Gasteiger partial charge in [-0.05, 0) is 29.8 Å². The Morgan fingerprint density at radius 2 is 1.82 bits per heavy atom. The molecule has 0 saturated carbocycles. The summed E-state index contributed by atoms with van der Waals surface area (Å²) in [6.07, 6.45) is 0. The Morgan fingerprint density at radius 1 is 1.12 bits per heavy atom. The molecule has 1 heterocycles. The van der Waals surface area contributed by atoms with Gasteiger partial charge in [-0.1, -0.05) is 38.4 Å². The van der Waals surface area contributed by atoms with Crippen molar-refractivity contribution in [3.63, 3.8) is 0 Å². The number of nitrogens with zero attached hydrogens (tertiary/aromatic N) is 3. The Hall–Kier alpha value is -1.06. The molecule has 2 rings (SSSR count). The highest BCUT2D eigenvalue weighted by Gasteiger charge is 2.24.